The quantitative estimate of drug-likeness (QED) is 0.914. The van der Waals surface area contributed by atoms with Crippen molar-refractivity contribution in [2.75, 3.05) is 7.05 Å². The van der Waals surface area contributed by atoms with Gasteiger partial charge in [-0.25, -0.2) is 0 Å². The van der Waals surface area contributed by atoms with Crippen LogP contribution in [0.5, 0.6) is 0 Å². The van der Waals surface area contributed by atoms with Gasteiger partial charge >= 0.3 is 0 Å². The molecule has 1 heterocycles. The van der Waals surface area contributed by atoms with Gasteiger partial charge in [-0.3, -0.25) is 4.98 Å². The topological polar surface area (TPSA) is 24.9 Å². The highest BCUT2D eigenvalue weighted by Gasteiger charge is 2.28. The van der Waals surface area contributed by atoms with E-state index in [1.165, 1.54) is 25.7 Å². The van der Waals surface area contributed by atoms with Crippen LogP contribution in [-0.4, -0.2) is 12.0 Å². The molecule has 0 spiro atoms. The number of pyridine rings is 1. The molecule has 3 unspecified atom stereocenters. The van der Waals surface area contributed by atoms with Crippen LogP contribution in [-0.2, 0) is 0 Å². The van der Waals surface area contributed by atoms with E-state index in [1.54, 1.807) is 0 Å². The number of nitrogens with one attached hydrogen (secondary N) is 1. The lowest BCUT2D eigenvalue weighted by atomic mass is 9.77. The predicted molar refractivity (Wildman–Crippen MR) is 74.9 cm³/mol. The Morgan fingerprint density at radius 1 is 1.47 bits per heavy atom. The molecule has 0 radical (unpaired) electrons. The minimum Gasteiger partial charge on any atom is -0.311 e. The van der Waals surface area contributed by atoms with Crippen LogP contribution in [0.15, 0.2) is 22.8 Å². The van der Waals surface area contributed by atoms with Crippen LogP contribution in [0.1, 0.15) is 44.3 Å². The van der Waals surface area contributed by atoms with E-state index in [0.717, 1.165) is 22.0 Å². The molecule has 1 aromatic rings. The SMILES string of the molecule is CNC(c1ncccc1Br)C1CCCC(C)C1. The summed E-state index contributed by atoms with van der Waals surface area (Å²) in [6.07, 6.45) is 7.26. The van der Waals surface area contributed by atoms with Gasteiger partial charge < -0.3 is 5.32 Å². The molecule has 3 heteroatoms. The van der Waals surface area contributed by atoms with Gasteiger partial charge in [0.25, 0.3) is 0 Å². The Bertz CT molecular complexity index is 367. The van der Waals surface area contributed by atoms with Crippen LogP contribution in [0.4, 0.5) is 0 Å². The van der Waals surface area contributed by atoms with Crippen molar-refractivity contribution < 1.29 is 0 Å². The first kappa shape index (κ1) is 13.0. The molecule has 1 N–H and O–H groups in total. The lowest BCUT2D eigenvalue weighted by Crippen LogP contribution is -2.29. The van der Waals surface area contributed by atoms with Gasteiger partial charge in [0.2, 0.25) is 0 Å². The van der Waals surface area contributed by atoms with Crippen molar-refractivity contribution >= 4 is 15.9 Å². The third-order valence-corrected chi connectivity index (χ3v) is 4.51. The summed E-state index contributed by atoms with van der Waals surface area (Å²) >= 11 is 3.62. The van der Waals surface area contributed by atoms with Gasteiger partial charge in [0, 0.05) is 10.7 Å². The molecule has 1 saturated carbocycles. The van der Waals surface area contributed by atoms with Crippen LogP contribution in [0.2, 0.25) is 0 Å². The van der Waals surface area contributed by atoms with Crippen molar-refractivity contribution in [3.8, 4) is 0 Å². The van der Waals surface area contributed by atoms with Gasteiger partial charge in [-0.05, 0) is 59.8 Å². The maximum atomic E-state index is 4.54. The number of halogens is 1. The van der Waals surface area contributed by atoms with E-state index in [9.17, 15) is 0 Å². The van der Waals surface area contributed by atoms with Gasteiger partial charge in [0.15, 0.2) is 0 Å². The molecular formula is C14H21BrN2. The zero-order valence-electron chi connectivity index (χ0n) is 10.6. The maximum absolute atomic E-state index is 4.54. The molecule has 2 rings (SSSR count). The summed E-state index contributed by atoms with van der Waals surface area (Å²) in [6, 6.07) is 4.44. The first-order chi connectivity index (χ1) is 8.22. The standard InChI is InChI=1S/C14H21BrN2/c1-10-5-3-6-11(9-10)13(16-2)14-12(15)7-4-8-17-14/h4,7-8,10-11,13,16H,3,5-6,9H2,1-2H3. The van der Waals surface area contributed by atoms with Gasteiger partial charge in [0.1, 0.15) is 0 Å². The Balaban J connectivity index is 2.18. The average Bonchev–Trinajstić information content (AvgIpc) is 2.33. The first-order valence-corrected chi connectivity index (χ1v) is 7.29. The number of nitrogens with zero attached hydrogens (tertiary/aromatic N) is 1. The van der Waals surface area contributed by atoms with Gasteiger partial charge in [-0.15, -0.1) is 0 Å². The molecule has 1 fully saturated rings. The van der Waals surface area contributed by atoms with Gasteiger partial charge in [-0.2, -0.15) is 0 Å². The fourth-order valence-corrected chi connectivity index (χ4v) is 3.51. The summed E-state index contributed by atoms with van der Waals surface area (Å²) in [5, 5.41) is 3.46. The second-order valence-corrected chi connectivity index (χ2v) is 6.02. The van der Waals surface area contributed by atoms with Crippen LogP contribution in [0, 0.1) is 11.8 Å². The largest absolute Gasteiger partial charge is 0.311 e. The summed E-state index contributed by atoms with van der Waals surface area (Å²) in [6.45, 7) is 2.37. The van der Waals surface area contributed by atoms with Gasteiger partial charge in [0.05, 0.1) is 11.7 Å². The minimum atomic E-state index is 0.383. The second-order valence-electron chi connectivity index (χ2n) is 5.17. The van der Waals surface area contributed by atoms with Crippen molar-refractivity contribution in [1.29, 1.82) is 0 Å². The van der Waals surface area contributed by atoms with Crippen molar-refractivity contribution in [3.63, 3.8) is 0 Å². The lowest BCUT2D eigenvalue weighted by molar-refractivity contribution is 0.227. The van der Waals surface area contributed by atoms with E-state index in [4.69, 9.17) is 0 Å². The Labute approximate surface area is 112 Å². The Kier molecular flexibility index (Phi) is 4.57. The molecule has 0 aliphatic heterocycles. The highest BCUT2D eigenvalue weighted by atomic mass is 79.9. The predicted octanol–water partition coefficient (Wildman–Crippen LogP) is 3.93. The van der Waals surface area contributed by atoms with E-state index in [2.05, 4.69) is 39.2 Å². The highest BCUT2D eigenvalue weighted by molar-refractivity contribution is 9.10. The normalized spacial score (nSPS) is 26.8. The molecule has 0 aromatic carbocycles. The van der Waals surface area contributed by atoms with E-state index in [1.807, 2.05) is 19.3 Å². The van der Waals surface area contributed by atoms with Crippen LogP contribution in [0.3, 0.4) is 0 Å². The molecule has 1 aliphatic carbocycles. The summed E-state index contributed by atoms with van der Waals surface area (Å²) < 4.78 is 1.12. The molecule has 94 valence electrons. The van der Waals surface area contributed by atoms with E-state index >= 15 is 0 Å². The average molecular weight is 297 g/mol. The molecule has 17 heavy (non-hydrogen) atoms. The first-order valence-electron chi connectivity index (χ1n) is 6.50. The fourth-order valence-electron chi connectivity index (χ4n) is 3.01. The van der Waals surface area contributed by atoms with Crippen LogP contribution < -0.4 is 5.32 Å². The summed E-state index contributed by atoms with van der Waals surface area (Å²) in [5.74, 6) is 1.57. The molecule has 0 saturated heterocycles. The third kappa shape index (κ3) is 3.08. The minimum absolute atomic E-state index is 0.383. The zero-order valence-corrected chi connectivity index (χ0v) is 12.2. The van der Waals surface area contributed by atoms with Crippen molar-refractivity contribution in [2.45, 2.75) is 38.6 Å². The molecule has 1 aliphatic rings. The summed E-state index contributed by atoms with van der Waals surface area (Å²) in [4.78, 5) is 4.54. The van der Waals surface area contributed by atoms with Crippen molar-refractivity contribution in [2.24, 2.45) is 11.8 Å². The van der Waals surface area contributed by atoms with Crippen molar-refractivity contribution in [3.05, 3.63) is 28.5 Å². The second kappa shape index (κ2) is 5.96. The maximum Gasteiger partial charge on any atom is 0.0717 e. The van der Waals surface area contributed by atoms with Crippen molar-refractivity contribution in [1.82, 2.24) is 10.3 Å². The zero-order chi connectivity index (χ0) is 12.3. The monoisotopic (exact) mass is 296 g/mol. The molecule has 3 atom stereocenters. The Hall–Kier alpha value is -0.410. The van der Waals surface area contributed by atoms with E-state index in [0.29, 0.717) is 6.04 Å². The van der Waals surface area contributed by atoms with Crippen LogP contribution in [0.25, 0.3) is 0 Å². The molecule has 2 nitrogen and oxygen atoms in total. The molecule has 0 bridgehead atoms. The highest BCUT2D eigenvalue weighted by Crippen LogP contribution is 2.38. The molecule has 1 aromatic heterocycles. The van der Waals surface area contributed by atoms with E-state index in [-0.39, 0.29) is 0 Å². The smallest absolute Gasteiger partial charge is 0.0717 e. The van der Waals surface area contributed by atoms with Crippen LogP contribution >= 0.6 is 15.9 Å². The Morgan fingerprint density at radius 2 is 2.29 bits per heavy atom. The number of aromatic nitrogens is 1. The van der Waals surface area contributed by atoms with E-state index < -0.39 is 0 Å². The summed E-state index contributed by atoms with van der Waals surface area (Å²) in [7, 11) is 2.05. The van der Waals surface area contributed by atoms with Gasteiger partial charge in [-0.1, -0.05) is 19.8 Å². The lowest BCUT2D eigenvalue weighted by Gasteiger charge is -2.33. The number of hydrogen-bond acceptors (Lipinski definition) is 2. The Morgan fingerprint density at radius 3 is 2.94 bits per heavy atom. The number of rotatable bonds is 3. The fraction of sp³-hybridized carbons (Fsp3) is 0.643. The summed E-state index contributed by atoms with van der Waals surface area (Å²) in [5.41, 5.74) is 1.16. The molecular weight excluding hydrogens is 276 g/mol. The number of hydrogen-bond donors (Lipinski definition) is 1. The molecule has 0 amide bonds. The third-order valence-electron chi connectivity index (χ3n) is 3.84.